The molecule has 2 rings (SSSR count). The van der Waals surface area contributed by atoms with Crippen LogP contribution >= 0.6 is 0 Å². The molecule has 12 nitrogen and oxygen atoms in total. The fraction of sp³-hybridized carbons (Fsp3) is 0.348. The molecule has 0 aliphatic carbocycles. The van der Waals surface area contributed by atoms with Gasteiger partial charge in [0.1, 0.15) is 30.3 Å². The number of carboxylic acid groups (broad SMARTS) is 2. The second-order valence-electron chi connectivity index (χ2n) is 7.60. The van der Waals surface area contributed by atoms with Gasteiger partial charge in [0.2, 0.25) is 6.41 Å². The molecular formula is C23H30N2O10. The van der Waals surface area contributed by atoms with Gasteiger partial charge in [0.25, 0.3) is 0 Å². The zero-order chi connectivity index (χ0) is 26.5. The Bertz CT molecular complexity index is 949. The number of rotatable bonds is 12. The summed E-state index contributed by atoms with van der Waals surface area (Å²) in [6.07, 6.45) is -4.02. The van der Waals surface area contributed by atoms with Crippen molar-refractivity contribution in [3.8, 4) is 11.5 Å². The molecule has 35 heavy (non-hydrogen) atoms. The summed E-state index contributed by atoms with van der Waals surface area (Å²) >= 11 is 0. The number of carbonyl (C=O) groups is 3. The topological polar surface area (TPSA) is 213 Å². The number of phenolic OH excluding ortho intramolecular Hbond substituents is 1. The molecule has 0 unspecified atom stereocenters. The molecule has 0 aromatic heterocycles. The molecule has 0 radical (unpaired) electrons. The molecule has 0 bridgehead atoms. The first-order valence-corrected chi connectivity index (χ1v) is 10.5. The van der Waals surface area contributed by atoms with Crippen LogP contribution in [-0.2, 0) is 20.8 Å². The van der Waals surface area contributed by atoms with Gasteiger partial charge in [-0.15, -0.1) is 0 Å². The molecule has 4 atom stereocenters. The van der Waals surface area contributed by atoms with Gasteiger partial charge in [-0.25, -0.2) is 4.79 Å². The van der Waals surface area contributed by atoms with Crippen LogP contribution in [0.15, 0.2) is 42.5 Å². The molecule has 192 valence electrons. The lowest BCUT2D eigenvalue weighted by Gasteiger charge is -2.16. The number of carbonyl (C=O) groups excluding carboxylic acids is 2. The summed E-state index contributed by atoms with van der Waals surface area (Å²) in [6, 6.07) is 12.9. The predicted octanol–water partition coefficient (Wildman–Crippen LogP) is -2.26. The first-order valence-electron chi connectivity index (χ1n) is 10.5. The van der Waals surface area contributed by atoms with Crippen molar-refractivity contribution in [1.82, 2.24) is 0 Å². The fourth-order valence-corrected chi connectivity index (χ4v) is 2.92. The van der Waals surface area contributed by atoms with Crippen LogP contribution in [0.5, 0.6) is 11.5 Å². The van der Waals surface area contributed by atoms with Crippen LogP contribution in [0.4, 0.5) is 5.69 Å². The van der Waals surface area contributed by atoms with Crippen molar-refractivity contribution < 1.29 is 55.1 Å². The van der Waals surface area contributed by atoms with E-state index < -0.39 is 30.3 Å². The molecule has 0 saturated carbocycles. The van der Waals surface area contributed by atoms with Crippen molar-refractivity contribution in [2.75, 3.05) is 19.0 Å². The SMILES string of the molecule is COc1ccc(C[C@@H](C)[NH2+]C[C@H](O)c2ccc(O)c(NC=O)c2)cc1.O=C([O-])[C@H](O)[C@@H](O)C(=O)O. The Kier molecular flexibility index (Phi) is 12.2. The van der Waals surface area contributed by atoms with Crippen LogP contribution in [0.1, 0.15) is 24.2 Å². The minimum Gasteiger partial charge on any atom is -0.547 e. The number of methoxy groups -OCH3 is 1. The van der Waals surface area contributed by atoms with Gasteiger partial charge in [0.05, 0.1) is 24.8 Å². The number of nitrogens with one attached hydrogen (secondary N) is 1. The predicted molar refractivity (Wildman–Crippen MR) is 120 cm³/mol. The summed E-state index contributed by atoms with van der Waals surface area (Å²) in [7, 11) is 1.64. The smallest absolute Gasteiger partial charge is 0.335 e. The maximum absolute atomic E-state index is 10.5. The summed E-state index contributed by atoms with van der Waals surface area (Å²) in [4.78, 5) is 29.9. The van der Waals surface area contributed by atoms with E-state index in [0.29, 0.717) is 24.6 Å². The third-order valence-corrected chi connectivity index (χ3v) is 4.89. The van der Waals surface area contributed by atoms with Gasteiger partial charge in [-0.1, -0.05) is 18.2 Å². The Morgan fingerprint density at radius 3 is 2.23 bits per heavy atom. The van der Waals surface area contributed by atoms with Gasteiger partial charge in [-0.3, -0.25) is 4.79 Å². The molecule has 0 heterocycles. The van der Waals surface area contributed by atoms with E-state index in [4.69, 9.17) is 20.1 Å². The van der Waals surface area contributed by atoms with Crippen LogP contribution in [0.2, 0.25) is 0 Å². The lowest BCUT2D eigenvalue weighted by molar-refractivity contribution is -0.692. The first-order chi connectivity index (χ1) is 16.5. The van der Waals surface area contributed by atoms with Gasteiger partial charge in [0, 0.05) is 6.42 Å². The number of aliphatic hydroxyl groups excluding tert-OH is 3. The van der Waals surface area contributed by atoms with Crippen LogP contribution < -0.4 is 20.5 Å². The quantitative estimate of drug-likeness (QED) is 0.124. The van der Waals surface area contributed by atoms with Crippen LogP contribution in [-0.4, -0.2) is 75.8 Å². The van der Waals surface area contributed by atoms with Crippen LogP contribution in [0, 0.1) is 0 Å². The highest BCUT2D eigenvalue weighted by Gasteiger charge is 2.24. The largest absolute Gasteiger partial charge is 0.547 e. The molecular weight excluding hydrogens is 464 g/mol. The zero-order valence-electron chi connectivity index (χ0n) is 19.2. The monoisotopic (exact) mass is 494 g/mol. The number of hydrogen-bond donors (Lipinski definition) is 7. The number of phenols is 1. The molecule has 0 aliphatic heterocycles. The third kappa shape index (κ3) is 9.98. The third-order valence-electron chi connectivity index (χ3n) is 4.89. The summed E-state index contributed by atoms with van der Waals surface area (Å²) in [5.74, 6) is -3.02. The minimum absolute atomic E-state index is 0.0279. The number of benzene rings is 2. The molecule has 0 spiro atoms. The average molecular weight is 494 g/mol. The highest BCUT2D eigenvalue weighted by molar-refractivity contribution is 5.82. The van der Waals surface area contributed by atoms with Crippen LogP contribution in [0.25, 0.3) is 0 Å². The molecule has 1 amide bonds. The molecule has 0 aliphatic rings. The van der Waals surface area contributed by atoms with Gasteiger partial charge in [0.15, 0.2) is 6.10 Å². The number of amides is 1. The summed E-state index contributed by atoms with van der Waals surface area (Å²) in [5, 5.41) is 58.6. The number of anilines is 1. The Balaban J connectivity index is 0.000000518. The second-order valence-corrected chi connectivity index (χ2v) is 7.60. The normalized spacial score (nSPS) is 13.9. The Morgan fingerprint density at radius 2 is 1.74 bits per heavy atom. The summed E-state index contributed by atoms with van der Waals surface area (Å²) in [5.41, 5.74) is 2.15. The van der Waals surface area contributed by atoms with E-state index in [2.05, 4.69) is 17.6 Å². The van der Waals surface area contributed by atoms with Crippen molar-refractivity contribution in [3.63, 3.8) is 0 Å². The van der Waals surface area contributed by atoms with E-state index in [1.807, 2.05) is 24.3 Å². The number of aliphatic carboxylic acids is 2. The second kappa shape index (κ2) is 14.5. The van der Waals surface area contributed by atoms with E-state index in [9.17, 15) is 29.7 Å². The molecule has 12 heteroatoms. The van der Waals surface area contributed by atoms with Crippen molar-refractivity contribution >= 4 is 24.0 Å². The number of ether oxygens (including phenoxy) is 1. The number of hydrogen-bond acceptors (Lipinski definition) is 9. The lowest BCUT2D eigenvalue weighted by Crippen LogP contribution is -2.90. The van der Waals surface area contributed by atoms with Crippen LogP contribution in [0.3, 0.4) is 0 Å². The van der Waals surface area contributed by atoms with Crippen molar-refractivity contribution in [2.45, 2.75) is 37.7 Å². The summed E-state index contributed by atoms with van der Waals surface area (Å²) < 4.78 is 5.15. The van der Waals surface area contributed by atoms with Crippen molar-refractivity contribution in [3.05, 3.63) is 53.6 Å². The molecule has 2 aromatic rings. The average Bonchev–Trinajstić information content (AvgIpc) is 2.83. The van der Waals surface area contributed by atoms with Gasteiger partial charge in [-0.2, -0.15) is 0 Å². The first kappa shape index (κ1) is 29.3. The number of quaternary nitrogens is 1. The van der Waals surface area contributed by atoms with E-state index in [-0.39, 0.29) is 11.4 Å². The number of aromatic hydroxyl groups is 1. The maximum Gasteiger partial charge on any atom is 0.335 e. The maximum atomic E-state index is 10.5. The molecule has 8 N–H and O–H groups in total. The highest BCUT2D eigenvalue weighted by Crippen LogP contribution is 2.26. The van der Waals surface area contributed by atoms with Gasteiger partial charge < -0.3 is 50.8 Å². The van der Waals surface area contributed by atoms with Gasteiger partial charge in [-0.05, 0) is 42.3 Å². The number of carboxylic acids is 2. The minimum atomic E-state index is -2.38. The number of nitrogens with two attached hydrogens (primary N) is 1. The molecule has 2 aromatic carbocycles. The van der Waals surface area contributed by atoms with E-state index in [1.54, 1.807) is 19.2 Å². The van der Waals surface area contributed by atoms with E-state index in [0.717, 1.165) is 12.2 Å². The van der Waals surface area contributed by atoms with E-state index in [1.165, 1.54) is 11.6 Å². The molecule has 0 fully saturated rings. The Hall–Kier alpha value is -3.71. The highest BCUT2D eigenvalue weighted by atomic mass is 16.5. The molecule has 0 saturated heterocycles. The zero-order valence-corrected chi connectivity index (χ0v) is 19.2. The van der Waals surface area contributed by atoms with E-state index >= 15 is 0 Å². The fourth-order valence-electron chi connectivity index (χ4n) is 2.92. The number of aliphatic hydroxyl groups is 3. The summed E-state index contributed by atoms with van der Waals surface area (Å²) in [6.45, 7) is 2.59. The van der Waals surface area contributed by atoms with Crippen molar-refractivity contribution in [1.29, 1.82) is 0 Å². The van der Waals surface area contributed by atoms with Gasteiger partial charge >= 0.3 is 5.97 Å². The Morgan fingerprint density at radius 1 is 1.11 bits per heavy atom. The lowest BCUT2D eigenvalue weighted by atomic mass is 10.1. The Labute approximate surface area is 201 Å². The standard InChI is InChI=1S/C19H24N2O4.C4H6O6/c1-13(9-14-3-6-16(25-2)7-4-14)20-11-19(24)15-5-8-18(23)17(10-15)21-12-22;5-1(3(7)8)2(6)4(9)10/h3-8,10,12-13,19-20,23-24H,9,11H2,1-2H3,(H,21,22);1-2,5-6H,(H,7,8)(H,9,10)/t13-,19+;1-,2-/m11/s1. The van der Waals surface area contributed by atoms with Crippen molar-refractivity contribution in [2.24, 2.45) is 0 Å².